The molecular weight excluding hydrogens is 516 g/mol. The largest absolute Gasteiger partial charge is 0.484 e. The quantitative estimate of drug-likeness (QED) is 0.325. The first-order valence-electron chi connectivity index (χ1n) is 12.3. The number of aryl methyl sites for hydroxylation is 2. The number of hydrogen-bond donors (Lipinski definition) is 1. The van der Waals surface area contributed by atoms with Gasteiger partial charge in [-0.1, -0.05) is 78.3 Å². The van der Waals surface area contributed by atoms with E-state index in [-0.39, 0.29) is 18.4 Å². The number of nitrogens with one attached hydrogen (secondary N) is 1. The van der Waals surface area contributed by atoms with Gasteiger partial charge in [0.05, 0.1) is 0 Å². The second-order valence-electron chi connectivity index (χ2n) is 9.61. The molecule has 0 spiro atoms. The first-order valence-corrected chi connectivity index (χ1v) is 13.1. The highest BCUT2D eigenvalue weighted by molar-refractivity contribution is 9.10. The molecule has 0 heterocycles. The van der Waals surface area contributed by atoms with Gasteiger partial charge in [0.25, 0.3) is 5.91 Å². The van der Waals surface area contributed by atoms with Crippen molar-refractivity contribution < 1.29 is 14.3 Å². The predicted octanol–water partition coefficient (Wildman–Crippen LogP) is 5.86. The van der Waals surface area contributed by atoms with Crippen LogP contribution < -0.4 is 10.1 Å². The molecule has 0 unspecified atom stereocenters. The van der Waals surface area contributed by atoms with E-state index in [9.17, 15) is 9.59 Å². The lowest BCUT2D eigenvalue weighted by Crippen LogP contribution is -2.52. The summed E-state index contributed by atoms with van der Waals surface area (Å²) in [5.74, 6) is 0.539. The third-order valence-corrected chi connectivity index (χ3v) is 6.25. The highest BCUT2D eigenvalue weighted by Crippen LogP contribution is 2.20. The zero-order valence-electron chi connectivity index (χ0n) is 21.5. The van der Waals surface area contributed by atoms with Gasteiger partial charge in [0.2, 0.25) is 5.91 Å². The molecule has 36 heavy (non-hydrogen) atoms. The van der Waals surface area contributed by atoms with E-state index in [0.717, 1.165) is 26.7 Å². The molecule has 0 radical (unpaired) electrons. The van der Waals surface area contributed by atoms with Crippen LogP contribution in [0.5, 0.6) is 5.75 Å². The molecule has 190 valence electrons. The molecule has 0 saturated heterocycles. The Balaban J connectivity index is 1.91. The molecule has 0 aliphatic heterocycles. The van der Waals surface area contributed by atoms with Gasteiger partial charge in [-0.05, 0) is 66.3 Å². The van der Waals surface area contributed by atoms with Crippen molar-refractivity contribution in [1.82, 2.24) is 10.2 Å². The Morgan fingerprint density at radius 3 is 2.22 bits per heavy atom. The molecule has 0 fully saturated rings. The third kappa shape index (κ3) is 8.52. The Bertz CT molecular complexity index is 1140. The second-order valence-corrected chi connectivity index (χ2v) is 10.5. The highest BCUT2D eigenvalue weighted by Gasteiger charge is 2.30. The van der Waals surface area contributed by atoms with Crippen molar-refractivity contribution in [3.05, 3.63) is 99.5 Å². The molecule has 0 aliphatic rings. The van der Waals surface area contributed by atoms with Gasteiger partial charge in [-0.25, -0.2) is 0 Å². The van der Waals surface area contributed by atoms with Gasteiger partial charge in [0.1, 0.15) is 11.8 Å². The molecule has 3 aromatic rings. The number of hydrogen-bond acceptors (Lipinski definition) is 3. The monoisotopic (exact) mass is 550 g/mol. The van der Waals surface area contributed by atoms with Crippen molar-refractivity contribution in [2.24, 2.45) is 5.92 Å². The van der Waals surface area contributed by atoms with Crippen molar-refractivity contribution in [1.29, 1.82) is 0 Å². The van der Waals surface area contributed by atoms with Crippen LogP contribution in [-0.2, 0) is 22.6 Å². The Morgan fingerprint density at radius 1 is 0.917 bits per heavy atom. The van der Waals surface area contributed by atoms with Crippen LogP contribution in [0.25, 0.3) is 0 Å². The minimum atomic E-state index is -0.680. The van der Waals surface area contributed by atoms with Crippen LogP contribution in [0.2, 0.25) is 0 Å². The molecular formula is C30H35BrN2O3. The molecule has 1 atom stereocenters. The molecule has 0 saturated carbocycles. The number of rotatable bonds is 11. The maximum absolute atomic E-state index is 13.7. The number of carbonyl (C=O) groups excluding carboxylic acids is 2. The van der Waals surface area contributed by atoms with Crippen LogP contribution >= 0.6 is 15.9 Å². The van der Waals surface area contributed by atoms with Gasteiger partial charge >= 0.3 is 0 Å². The van der Waals surface area contributed by atoms with Gasteiger partial charge in [-0.2, -0.15) is 0 Å². The summed E-state index contributed by atoms with van der Waals surface area (Å²) < 4.78 is 6.84. The fraction of sp³-hybridized carbons (Fsp3) is 0.333. The maximum Gasteiger partial charge on any atom is 0.261 e. The van der Waals surface area contributed by atoms with Crippen molar-refractivity contribution >= 4 is 27.7 Å². The minimum absolute atomic E-state index is 0.153. The van der Waals surface area contributed by atoms with E-state index < -0.39 is 6.04 Å². The zero-order chi connectivity index (χ0) is 26.1. The second kappa shape index (κ2) is 13.3. The average molecular weight is 552 g/mol. The Labute approximate surface area is 223 Å². The maximum atomic E-state index is 13.7. The average Bonchev–Trinajstić information content (AvgIpc) is 2.83. The lowest BCUT2D eigenvalue weighted by Gasteiger charge is -2.31. The molecule has 5 nitrogen and oxygen atoms in total. The van der Waals surface area contributed by atoms with Crippen molar-refractivity contribution in [3.63, 3.8) is 0 Å². The van der Waals surface area contributed by atoms with Gasteiger partial charge in [-0.15, -0.1) is 0 Å². The Morgan fingerprint density at radius 2 is 1.58 bits per heavy atom. The molecule has 2 amide bonds. The first kappa shape index (κ1) is 27.5. The SMILES string of the molecule is Cc1cc(C)cc(OCC(=O)N(Cc2cccc(Br)c2)[C@@H](Cc2ccccc2)C(=O)NCC(C)C)c1. The number of ether oxygens (including phenoxy) is 1. The fourth-order valence-corrected chi connectivity index (χ4v) is 4.50. The van der Waals surface area contributed by atoms with Crippen LogP contribution in [0.1, 0.15) is 36.1 Å². The van der Waals surface area contributed by atoms with Crippen molar-refractivity contribution in [2.75, 3.05) is 13.2 Å². The van der Waals surface area contributed by atoms with E-state index in [1.54, 1.807) is 4.90 Å². The number of halogens is 1. The van der Waals surface area contributed by atoms with E-state index in [2.05, 4.69) is 41.2 Å². The topological polar surface area (TPSA) is 58.6 Å². The van der Waals surface area contributed by atoms with E-state index >= 15 is 0 Å². The summed E-state index contributed by atoms with van der Waals surface area (Å²) in [7, 11) is 0. The number of carbonyl (C=O) groups is 2. The Kier molecular flexibility index (Phi) is 10.1. The van der Waals surface area contributed by atoms with Crippen LogP contribution in [-0.4, -0.2) is 35.9 Å². The fourth-order valence-electron chi connectivity index (χ4n) is 4.05. The molecule has 0 bridgehead atoms. The first-order chi connectivity index (χ1) is 17.2. The zero-order valence-corrected chi connectivity index (χ0v) is 23.0. The van der Waals surface area contributed by atoms with Crippen LogP contribution in [0.4, 0.5) is 0 Å². The highest BCUT2D eigenvalue weighted by atomic mass is 79.9. The summed E-state index contributed by atoms with van der Waals surface area (Å²) in [4.78, 5) is 28.8. The summed E-state index contributed by atoms with van der Waals surface area (Å²) in [5, 5.41) is 3.04. The van der Waals surface area contributed by atoms with E-state index in [1.165, 1.54) is 0 Å². The van der Waals surface area contributed by atoms with Gasteiger partial charge in [-0.3, -0.25) is 9.59 Å². The summed E-state index contributed by atoms with van der Waals surface area (Å²) in [6, 6.07) is 22.8. The molecule has 0 aliphatic carbocycles. The molecule has 3 rings (SSSR count). The van der Waals surface area contributed by atoms with Gasteiger partial charge in [0.15, 0.2) is 6.61 Å². The number of benzene rings is 3. The third-order valence-electron chi connectivity index (χ3n) is 5.76. The predicted molar refractivity (Wildman–Crippen MR) is 148 cm³/mol. The van der Waals surface area contributed by atoms with Crippen LogP contribution in [0.15, 0.2) is 77.3 Å². The summed E-state index contributed by atoms with van der Waals surface area (Å²) >= 11 is 3.52. The molecule has 1 N–H and O–H groups in total. The number of amides is 2. The summed E-state index contributed by atoms with van der Waals surface area (Å²) in [5.41, 5.74) is 4.06. The van der Waals surface area contributed by atoms with E-state index in [4.69, 9.17) is 4.74 Å². The molecule has 0 aromatic heterocycles. The summed E-state index contributed by atoms with van der Waals surface area (Å²) in [6.45, 7) is 8.78. The van der Waals surface area contributed by atoms with Crippen LogP contribution in [0, 0.1) is 19.8 Å². The van der Waals surface area contributed by atoms with E-state index in [1.807, 2.05) is 80.6 Å². The summed E-state index contributed by atoms with van der Waals surface area (Å²) in [6.07, 6.45) is 0.411. The van der Waals surface area contributed by atoms with Gasteiger partial charge < -0.3 is 15.0 Å². The lowest BCUT2D eigenvalue weighted by molar-refractivity contribution is -0.142. The molecule has 3 aromatic carbocycles. The van der Waals surface area contributed by atoms with Crippen LogP contribution in [0.3, 0.4) is 0 Å². The standard InChI is InChI=1S/C30H35BrN2O3/c1-21(2)18-32-30(35)28(17-24-9-6-5-7-10-24)33(19-25-11-8-12-26(31)16-25)29(34)20-36-27-14-22(3)13-23(4)15-27/h5-16,21,28H,17-20H2,1-4H3,(H,32,35)/t28-/m0/s1. The van der Waals surface area contributed by atoms with Crippen molar-refractivity contribution in [3.8, 4) is 5.75 Å². The Hall–Kier alpha value is -3.12. The van der Waals surface area contributed by atoms with E-state index in [0.29, 0.717) is 31.2 Å². The normalized spacial score (nSPS) is 11.7. The van der Waals surface area contributed by atoms with Crippen molar-refractivity contribution in [2.45, 2.75) is 46.7 Å². The minimum Gasteiger partial charge on any atom is -0.484 e. The number of nitrogens with zero attached hydrogens (tertiary/aromatic N) is 1. The smallest absolute Gasteiger partial charge is 0.261 e. The lowest BCUT2D eigenvalue weighted by atomic mass is 10.0. The van der Waals surface area contributed by atoms with Gasteiger partial charge in [0, 0.05) is 24.0 Å². The molecule has 6 heteroatoms.